The summed E-state index contributed by atoms with van der Waals surface area (Å²) in [4.78, 5) is 12.4. The molecule has 0 heterocycles. The SMILES string of the molecule is COc1ccc(S(=O)(=O)N[C@@H](C)C(=O)Nc2cccc(C(C)C)c2)cc1. The average molecular weight is 376 g/mol. The van der Waals surface area contributed by atoms with Crippen LogP contribution in [0, 0.1) is 0 Å². The number of anilines is 1. The summed E-state index contributed by atoms with van der Waals surface area (Å²) in [6.45, 7) is 5.63. The number of carbonyl (C=O) groups is 1. The molecule has 2 aromatic carbocycles. The Labute approximate surface area is 154 Å². The molecule has 2 rings (SSSR count). The number of hydrogen-bond acceptors (Lipinski definition) is 4. The maximum atomic E-state index is 12.4. The Morgan fingerprint density at radius 3 is 2.27 bits per heavy atom. The molecule has 2 aromatic rings. The van der Waals surface area contributed by atoms with Crippen molar-refractivity contribution in [3.05, 3.63) is 54.1 Å². The number of benzene rings is 2. The van der Waals surface area contributed by atoms with E-state index in [-0.39, 0.29) is 4.90 Å². The van der Waals surface area contributed by atoms with Gasteiger partial charge >= 0.3 is 0 Å². The maximum absolute atomic E-state index is 12.4. The molecule has 6 nitrogen and oxygen atoms in total. The molecule has 0 aromatic heterocycles. The van der Waals surface area contributed by atoms with Crippen LogP contribution in [-0.2, 0) is 14.8 Å². The van der Waals surface area contributed by atoms with Crippen LogP contribution < -0.4 is 14.8 Å². The Bertz CT molecular complexity index is 861. The molecule has 0 saturated heterocycles. The lowest BCUT2D eigenvalue weighted by molar-refractivity contribution is -0.117. The van der Waals surface area contributed by atoms with Gasteiger partial charge in [0.1, 0.15) is 5.75 Å². The molecule has 0 saturated carbocycles. The molecule has 1 amide bonds. The van der Waals surface area contributed by atoms with E-state index in [0.29, 0.717) is 17.4 Å². The van der Waals surface area contributed by atoms with Crippen molar-refractivity contribution in [3.8, 4) is 5.75 Å². The number of rotatable bonds is 7. The molecule has 0 spiro atoms. The third kappa shape index (κ3) is 5.06. The van der Waals surface area contributed by atoms with Gasteiger partial charge < -0.3 is 10.1 Å². The Morgan fingerprint density at radius 2 is 1.69 bits per heavy atom. The van der Waals surface area contributed by atoms with Crippen LogP contribution in [0.15, 0.2) is 53.4 Å². The van der Waals surface area contributed by atoms with Crippen LogP contribution in [0.3, 0.4) is 0 Å². The van der Waals surface area contributed by atoms with E-state index in [2.05, 4.69) is 23.9 Å². The smallest absolute Gasteiger partial charge is 0.242 e. The zero-order valence-electron chi connectivity index (χ0n) is 15.3. The van der Waals surface area contributed by atoms with Crippen molar-refractivity contribution in [2.75, 3.05) is 12.4 Å². The fourth-order valence-electron chi connectivity index (χ4n) is 2.34. The van der Waals surface area contributed by atoms with Crippen molar-refractivity contribution in [3.63, 3.8) is 0 Å². The Kier molecular flexibility index (Phi) is 6.39. The van der Waals surface area contributed by atoms with Gasteiger partial charge in [-0.3, -0.25) is 4.79 Å². The molecule has 0 unspecified atom stereocenters. The number of amides is 1. The van der Waals surface area contributed by atoms with E-state index >= 15 is 0 Å². The summed E-state index contributed by atoms with van der Waals surface area (Å²) in [6.07, 6.45) is 0. The second kappa shape index (κ2) is 8.33. The second-order valence-electron chi connectivity index (χ2n) is 6.29. The normalized spacial score (nSPS) is 12.7. The van der Waals surface area contributed by atoms with Gasteiger partial charge in [0.25, 0.3) is 0 Å². The van der Waals surface area contributed by atoms with E-state index in [0.717, 1.165) is 5.56 Å². The molecule has 2 N–H and O–H groups in total. The summed E-state index contributed by atoms with van der Waals surface area (Å²) in [5.41, 5.74) is 1.73. The van der Waals surface area contributed by atoms with Crippen molar-refractivity contribution in [2.45, 2.75) is 37.6 Å². The van der Waals surface area contributed by atoms with E-state index < -0.39 is 22.0 Å². The Balaban J connectivity index is 2.06. The topological polar surface area (TPSA) is 84.5 Å². The van der Waals surface area contributed by atoms with Gasteiger partial charge in [-0.15, -0.1) is 0 Å². The lowest BCUT2D eigenvalue weighted by Gasteiger charge is -2.15. The molecule has 140 valence electrons. The number of hydrogen-bond donors (Lipinski definition) is 2. The summed E-state index contributed by atoms with van der Waals surface area (Å²) in [6, 6.07) is 12.5. The quantitative estimate of drug-likeness (QED) is 0.778. The molecule has 0 aliphatic rings. The highest BCUT2D eigenvalue weighted by atomic mass is 32.2. The first-order chi connectivity index (χ1) is 12.2. The minimum absolute atomic E-state index is 0.0692. The van der Waals surface area contributed by atoms with Crippen LogP contribution in [0.1, 0.15) is 32.3 Å². The number of sulfonamides is 1. The minimum Gasteiger partial charge on any atom is -0.497 e. The molecule has 1 atom stereocenters. The third-order valence-corrected chi connectivity index (χ3v) is 5.47. The molecule has 0 radical (unpaired) electrons. The summed E-state index contributed by atoms with van der Waals surface area (Å²) < 4.78 is 32.2. The van der Waals surface area contributed by atoms with Crippen molar-refractivity contribution in [2.24, 2.45) is 0 Å². The third-order valence-electron chi connectivity index (χ3n) is 3.92. The van der Waals surface area contributed by atoms with Crippen molar-refractivity contribution in [1.29, 1.82) is 0 Å². The van der Waals surface area contributed by atoms with Crippen molar-refractivity contribution < 1.29 is 17.9 Å². The fourth-order valence-corrected chi connectivity index (χ4v) is 3.54. The molecule has 26 heavy (non-hydrogen) atoms. The minimum atomic E-state index is -3.81. The first-order valence-electron chi connectivity index (χ1n) is 8.30. The van der Waals surface area contributed by atoms with Crippen molar-refractivity contribution >= 4 is 21.6 Å². The average Bonchev–Trinajstić information content (AvgIpc) is 2.61. The number of carbonyl (C=O) groups excluding carboxylic acids is 1. The summed E-state index contributed by atoms with van der Waals surface area (Å²) in [5, 5.41) is 2.74. The number of nitrogens with one attached hydrogen (secondary N) is 2. The first kappa shape index (κ1) is 19.9. The first-order valence-corrected chi connectivity index (χ1v) is 9.78. The molecular formula is C19H24N2O4S. The van der Waals surface area contributed by atoms with Gasteiger partial charge in [0, 0.05) is 5.69 Å². The van der Waals surface area contributed by atoms with Crippen LogP contribution in [0.25, 0.3) is 0 Å². The largest absolute Gasteiger partial charge is 0.497 e. The lowest BCUT2D eigenvalue weighted by atomic mass is 10.0. The van der Waals surface area contributed by atoms with Gasteiger partial charge in [0.2, 0.25) is 15.9 Å². The van der Waals surface area contributed by atoms with Crippen LogP contribution in [0.4, 0.5) is 5.69 Å². The van der Waals surface area contributed by atoms with Crippen molar-refractivity contribution in [1.82, 2.24) is 4.72 Å². The molecule has 0 bridgehead atoms. The predicted molar refractivity (Wildman–Crippen MR) is 102 cm³/mol. The number of methoxy groups -OCH3 is 1. The molecule has 0 aliphatic carbocycles. The van der Waals surface area contributed by atoms with Gasteiger partial charge in [-0.05, 0) is 54.8 Å². The highest BCUT2D eigenvalue weighted by Gasteiger charge is 2.22. The summed E-state index contributed by atoms with van der Waals surface area (Å²) in [7, 11) is -2.31. The zero-order chi connectivity index (χ0) is 19.3. The highest BCUT2D eigenvalue weighted by molar-refractivity contribution is 7.89. The maximum Gasteiger partial charge on any atom is 0.242 e. The van der Waals surface area contributed by atoms with Gasteiger partial charge in [-0.25, -0.2) is 8.42 Å². The standard InChI is InChI=1S/C19H24N2O4S/c1-13(2)15-6-5-7-16(12-15)20-19(22)14(3)21-26(23,24)18-10-8-17(25-4)9-11-18/h5-14,21H,1-4H3,(H,20,22)/t14-/m0/s1. The molecule has 0 fully saturated rings. The van der Waals surface area contributed by atoms with Crippen LogP contribution in [0.5, 0.6) is 5.75 Å². The molecule has 0 aliphatic heterocycles. The van der Waals surface area contributed by atoms with E-state index in [1.54, 1.807) is 18.2 Å². The number of ether oxygens (including phenoxy) is 1. The fraction of sp³-hybridized carbons (Fsp3) is 0.316. The van der Waals surface area contributed by atoms with Gasteiger partial charge in [-0.2, -0.15) is 4.72 Å². The zero-order valence-corrected chi connectivity index (χ0v) is 16.1. The van der Waals surface area contributed by atoms with E-state index in [1.165, 1.54) is 26.2 Å². The molecular weight excluding hydrogens is 352 g/mol. The molecule has 7 heteroatoms. The van der Waals surface area contributed by atoms with Gasteiger partial charge in [0.05, 0.1) is 18.0 Å². The lowest BCUT2D eigenvalue weighted by Crippen LogP contribution is -2.41. The Hall–Kier alpha value is -2.38. The predicted octanol–water partition coefficient (Wildman–Crippen LogP) is 3.12. The van der Waals surface area contributed by atoms with E-state index in [1.807, 2.05) is 18.2 Å². The Morgan fingerprint density at radius 1 is 1.04 bits per heavy atom. The van der Waals surface area contributed by atoms with Gasteiger partial charge in [-0.1, -0.05) is 26.0 Å². The van der Waals surface area contributed by atoms with Crippen LogP contribution in [0.2, 0.25) is 0 Å². The summed E-state index contributed by atoms with van der Waals surface area (Å²) >= 11 is 0. The second-order valence-corrected chi connectivity index (χ2v) is 8.00. The van der Waals surface area contributed by atoms with E-state index in [4.69, 9.17) is 4.74 Å². The summed E-state index contributed by atoms with van der Waals surface area (Å²) in [5.74, 6) is 0.459. The van der Waals surface area contributed by atoms with E-state index in [9.17, 15) is 13.2 Å². The van der Waals surface area contributed by atoms with Crippen LogP contribution >= 0.6 is 0 Å². The highest BCUT2D eigenvalue weighted by Crippen LogP contribution is 2.19. The monoisotopic (exact) mass is 376 g/mol. The van der Waals surface area contributed by atoms with Crippen LogP contribution in [-0.4, -0.2) is 27.5 Å². The van der Waals surface area contributed by atoms with Gasteiger partial charge in [0.15, 0.2) is 0 Å².